The minimum Gasteiger partial charge on any atom is -0.269 e. The normalized spacial score (nSPS) is 18.0. The molecule has 0 saturated carbocycles. The second kappa shape index (κ2) is 5.59. The summed E-state index contributed by atoms with van der Waals surface area (Å²) in [7, 11) is 0. The molecule has 2 aromatic rings. The predicted octanol–water partition coefficient (Wildman–Crippen LogP) is 4.22. The molecule has 1 aliphatic heterocycles. The number of benzene rings is 2. The number of hydrogen-bond acceptors (Lipinski definition) is 2. The molecule has 2 atom stereocenters. The lowest BCUT2D eigenvalue weighted by Gasteiger charge is -2.36. The van der Waals surface area contributed by atoms with Crippen LogP contribution < -0.4 is 0 Å². The van der Waals surface area contributed by atoms with Gasteiger partial charge in [-0.1, -0.05) is 58.4 Å². The molecule has 22 heavy (non-hydrogen) atoms. The molecule has 2 unspecified atom stereocenters. The number of hydrogen-bond donors (Lipinski definition) is 0. The molecule has 0 N–H and O–H groups in total. The van der Waals surface area contributed by atoms with Crippen LogP contribution in [0.5, 0.6) is 0 Å². The smallest absolute Gasteiger partial charge is 0.263 e. The van der Waals surface area contributed by atoms with Crippen molar-refractivity contribution in [2.75, 3.05) is 0 Å². The molecule has 0 aromatic heterocycles. The van der Waals surface area contributed by atoms with Crippen molar-refractivity contribution in [2.45, 2.75) is 9.53 Å². The Balaban J connectivity index is 2.16. The van der Waals surface area contributed by atoms with E-state index in [2.05, 4.69) is 31.9 Å². The van der Waals surface area contributed by atoms with Crippen LogP contribution in [0.2, 0.25) is 0 Å². The summed E-state index contributed by atoms with van der Waals surface area (Å²) in [6.07, 6.45) is 0. The van der Waals surface area contributed by atoms with Crippen molar-refractivity contribution in [3.8, 4) is 0 Å². The maximum Gasteiger partial charge on any atom is 0.263 e. The largest absolute Gasteiger partial charge is 0.269 e. The number of fused-ring (bicyclic) bond motifs is 1. The van der Waals surface area contributed by atoms with E-state index in [1.807, 2.05) is 0 Å². The molecule has 1 heterocycles. The molecule has 0 spiro atoms. The van der Waals surface area contributed by atoms with Crippen LogP contribution in [-0.4, -0.2) is 21.8 Å². The standard InChI is InChI=1S/C16H10Br2FNO2/c17-15(19)16(18,10-6-2-1-3-7-10)20-13(21)11-8-4-5-9-12(11)14(20)22/h1-9,15H. The van der Waals surface area contributed by atoms with Crippen LogP contribution in [0.1, 0.15) is 26.3 Å². The maximum atomic E-state index is 14.4. The summed E-state index contributed by atoms with van der Waals surface area (Å²) in [5.74, 6) is -1.05. The van der Waals surface area contributed by atoms with Crippen molar-refractivity contribution in [3.63, 3.8) is 0 Å². The predicted molar refractivity (Wildman–Crippen MR) is 87.8 cm³/mol. The third-order valence-electron chi connectivity index (χ3n) is 3.59. The van der Waals surface area contributed by atoms with E-state index < -0.39 is 21.3 Å². The molecule has 3 nitrogen and oxygen atoms in total. The van der Waals surface area contributed by atoms with E-state index in [-0.39, 0.29) is 11.1 Å². The fourth-order valence-electron chi connectivity index (χ4n) is 2.51. The Bertz CT molecular complexity index is 716. The number of imide groups is 1. The number of amides is 2. The summed E-state index contributed by atoms with van der Waals surface area (Å²) >= 11 is 6.17. The lowest BCUT2D eigenvalue weighted by molar-refractivity contribution is 0.0506. The average Bonchev–Trinajstić information content (AvgIpc) is 2.79. The SMILES string of the molecule is O=C1c2ccccc2C(=O)N1C(Br)(c1ccccc1)C(F)Br. The molecular formula is C16H10Br2FNO2. The third kappa shape index (κ3) is 2.13. The van der Waals surface area contributed by atoms with Gasteiger partial charge in [0.25, 0.3) is 11.8 Å². The van der Waals surface area contributed by atoms with Gasteiger partial charge in [0.05, 0.1) is 11.1 Å². The monoisotopic (exact) mass is 425 g/mol. The molecule has 1 aliphatic rings. The molecule has 2 amide bonds. The van der Waals surface area contributed by atoms with E-state index in [1.54, 1.807) is 54.6 Å². The third-order valence-corrected chi connectivity index (χ3v) is 6.08. The summed E-state index contributed by atoms with van der Waals surface area (Å²) in [6.45, 7) is 0. The van der Waals surface area contributed by atoms with Gasteiger partial charge in [0.1, 0.15) is 0 Å². The molecule has 3 rings (SSSR count). The molecule has 0 bridgehead atoms. The fraction of sp³-hybridized carbons (Fsp3) is 0.125. The molecule has 0 fully saturated rings. The van der Waals surface area contributed by atoms with Crippen LogP contribution in [-0.2, 0) is 4.45 Å². The van der Waals surface area contributed by atoms with E-state index in [0.717, 1.165) is 4.90 Å². The second-order valence-electron chi connectivity index (χ2n) is 4.83. The van der Waals surface area contributed by atoms with Crippen LogP contribution in [0.4, 0.5) is 4.39 Å². The van der Waals surface area contributed by atoms with E-state index in [1.165, 1.54) is 0 Å². The summed E-state index contributed by atoms with van der Waals surface area (Å²) < 4.78 is 12.8. The van der Waals surface area contributed by atoms with Gasteiger partial charge in [0.15, 0.2) is 9.53 Å². The van der Waals surface area contributed by atoms with Crippen LogP contribution in [0, 0.1) is 0 Å². The maximum absolute atomic E-state index is 14.4. The first-order valence-corrected chi connectivity index (χ1v) is 8.19. The Morgan fingerprint density at radius 3 is 1.82 bits per heavy atom. The highest BCUT2D eigenvalue weighted by Crippen LogP contribution is 2.46. The highest BCUT2D eigenvalue weighted by molar-refractivity contribution is 9.12. The highest BCUT2D eigenvalue weighted by atomic mass is 79.9. The van der Waals surface area contributed by atoms with Crippen molar-refractivity contribution in [1.29, 1.82) is 0 Å². The Morgan fingerprint density at radius 2 is 1.36 bits per heavy atom. The van der Waals surface area contributed by atoms with E-state index >= 15 is 0 Å². The van der Waals surface area contributed by atoms with Crippen molar-refractivity contribution in [1.82, 2.24) is 4.90 Å². The molecule has 2 aromatic carbocycles. The lowest BCUT2D eigenvalue weighted by atomic mass is 10.1. The first-order valence-electron chi connectivity index (χ1n) is 6.48. The summed E-state index contributed by atoms with van der Waals surface area (Å²) in [6, 6.07) is 15.0. The Morgan fingerprint density at radius 1 is 0.909 bits per heavy atom. The number of carbonyl (C=O) groups is 2. The van der Waals surface area contributed by atoms with Gasteiger partial charge in [0.2, 0.25) is 0 Å². The molecular weight excluding hydrogens is 417 g/mol. The van der Waals surface area contributed by atoms with Crippen LogP contribution in [0.25, 0.3) is 0 Å². The Kier molecular flexibility index (Phi) is 3.91. The van der Waals surface area contributed by atoms with Crippen molar-refractivity contribution >= 4 is 43.7 Å². The van der Waals surface area contributed by atoms with Gasteiger partial charge in [-0.3, -0.25) is 14.5 Å². The number of alkyl halides is 3. The fourth-order valence-corrected chi connectivity index (χ4v) is 3.56. The van der Waals surface area contributed by atoms with Gasteiger partial charge in [-0.2, -0.15) is 0 Å². The van der Waals surface area contributed by atoms with Gasteiger partial charge in [0, 0.05) is 0 Å². The van der Waals surface area contributed by atoms with Crippen LogP contribution in [0.15, 0.2) is 54.6 Å². The number of rotatable bonds is 3. The number of halogens is 3. The zero-order valence-electron chi connectivity index (χ0n) is 11.2. The van der Waals surface area contributed by atoms with Gasteiger partial charge in [-0.15, -0.1) is 0 Å². The zero-order valence-corrected chi connectivity index (χ0v) is 14.3. The minimum absolute atomic E-state index is 0.278. The minimum atomic E-state index is -1.68. The Hall–Kier alpha value is -1.53. The van der Waals surface area contributed by atoms with E-state index in [9.17, 15) is 14.0 Å². The summed E-state index contributed by atoms with van der Waals surface area (Å²) in [4.78, 5) is 26.2. The second-order valence-corrected chi connectivity index (χ2v) is 6.84. The average molecular weight is 427 g/mol. The highest BCUT2D eigenvalue weighted by Gasteiger charge is 2.52. The Labute approximate surface area is 143 Å². The molecule has 0 radical (unpaired) electrons. The van der Waals surface area contributed by atoms with Gasteiger partial charge >= 0.3 is 0 Å². The number of carbonyl (C=O) groups excluding carboxylic acids is 2. The first kappa shape index (κ1) is 15.4. The van der Waals surface area contributed by atoms with Gasteiger partial charge in [-0.05, 0) is 33.6 Å². The van der Waals surface area contributed by atoms with Crippen molar-refractivity contribution < 1.29 is 14.0 Å². The van der Waals surface area contributed by atoms with Crippen molar-refractivity contribution in [2.24, 2.45) is 0 Å². The molecule has 0 aliphatic carbocycles. The van der Waals surface area contributed by atoms with Crippen LogP contribution in [0.3, 0.4) is 0 Å². The molecule has 0 saturated heterocycles. The lowest BCUT2D eigenvalue weighted by Crippen LogP contribution is -2.49. The quantitative estimate of drug-likeness (QED) is 0.418. The van der Waals surface area contributed by atoms with Gasteiger partial charge in [-0.25, -0.2) is 4.39 Å². The molecule has 112 valence electrons. The van der Waals surface area contributed by atoms with E-state index in [4.69, 9.17) is 0 Å². The summed E-state index contributed by atoms with van der Waals surface area (Å²) in [5, 5.41) is -1.68. The van der Waals surface area contributed by atoms with Crippen LogP contribution >= 0.6 is 31.9 Å². The first-order chi connectivity index (χ1) is 10.5. The topological polar surface area (TPSA) is 37.4 Å². The van der Waals surface area contributed by atoms with Crippen molar-refractivity contribution in [3.05, 3.63) is 71.3 Å². The van der Waals surface area contributed by atoms with E-state index in [0.29, 0.717) is 5.56 Å². The zero-order chi connectivity index (χ0) is 15.9. The van der Waals surface area contributed by atoms with Gasteiger partial charge < -0.3 is 0 Å². The number of nitrogens with zero attached hydrogens (tertiary/aromatic N) is 1. The summed E-state index contributed by atoms with van der Waals surface area (Å²) in [5.41, 5.74) is 1.02. The molecule has 6 heteroatoms.